The van der Waals surface area contributed by atoms with Gasteiger partial charge in [0, 0.05) is 18.4 Å². The molecule has 1 aliphatic rings. The molecule has 4 rings (SSSR count). The highest BCUT2D eigenvalue weighted by atomic mass is 35.5. The SMILES string of the molecule is Cc1ccc(C(=O)N2CCCC(Oc3ncc(C(F)(F)F)c(C)c3Cl)C2)c(-n2nccn2)n1. The van der Waals surface area contributed by atoms with Crippen LogP contribution >= 0.6 is 11.6 Å². The maximum absolute atomic E-state index is 13.3. The molecule has 0 aromatic carbocycles. The predicted molar refractivity (Wildman–Crippen MR) is 112 cm³/mol. The molecule has 0 saturated carbocycles. The number of likely N-dealkylation sites (tertiary alicyclic amines) is 1. The summed E-state index contributed by atoms with van der Waals surface area (Å²) in [5.74, 6) is -0.0400. The molecule has 3 aromatic rings. The lowest BCUT2D eigenvalue weighted by Crippen LogP contribution is -2.44. The van der Waals surface area contributed by atoms with E-state index in [-0.39, 0.29) is 28.9 Å². The lowest BCUT2D eigenvalue weighted by atomic mass is 10.1. The van der Waals surface area contributed by atoms with E-state index in [4.69, 9.17) is 16.3 Å². The fourth-order valence-corrected chi connectivity index (χ4v) is 3.85. The van der Waals surface area contributed by atoms with E-state index >= 15 is 0 Å². The van der Waals surface area contributed by atoms with E-state index in [1.807, 2.05) is 0 Å². The first-order valence-corrected chi connectivity index (χ1v) is 10.6. The number of piperidine rings is 1. The highest BCUT2D eigenvalue weighted by Crippen LogP contribution is 2.37. The molecular formula is C21H20ClF3N6O2. The number of alkyl halides is 3. The second kappa shape index (κ2) is 8.97. The Morgan fingerprint density at radius 3 is 2.64 bits per heavy atom. The Labute approximate surface area is 192 Å². The Balaban J connectivity index is 1.54. The van der Waals surface area contributed by atoms with Crippen LogP contribution < -0.4 is 4.74 Å². The molecule has 12 heteroatoms. The zero-order valence-electron chi connectivity index (χ0n) is 17.8. The minimum atomic E-state index is -4.56. The topological polar surface area (TPSA) is 86.0 Å². The van der Waals surface area contributed by atoms with E-state index in [1.165, 1.54) is 24.1 Å². The summed E-state index contributed by atoms with van der Waals surface area (Å²) < 4.78 is 45.1. The Kier molecular flexibility index (Phi) is 6.24. The van der Waals surface area contributed by atoms with Crippen LogP contribution in [0.5, 0.6) is 5.88 Å². The lowest BCUT2D eigenvalue weighted by Gasteiger charge is -2.33. The number of aryl methyl sites for hydroxylation is 1. The van der Waals surface area contributed by atoms with Crippen molar-refractivity contribution in [2.45, 2.75) is 39.0 Å². The maximum atomic E-state index is 13.3. The van der Waals surface area contributed by atoms with E-state index in [2.05, 4.69) is 20.2 Å². The highest BCUT2D eigenvalue weighted by molar-refractivity contribution is 6.32. The number of pyridine rings is 2. The summed E-state index contributed by atoms with van der Waals surface area (Å²) in [5.41, 5.74) is -0.0250. The van der Waals surface area contributed by atoms with Crippen LogP contribution in [-0.4, -0.2) is 55.0 Å². The van der Waals surface area contributed by atoms with Crippen LogP contribution in [0, 0.1) is 13.8 Å². The fraction of sp³-hybridized carbons (Fsp3) is 0.381. The maximum Gasteiger partial charge on any atom is 0.418 e. The van der Waals surface area contributed by atoms with E-state index < -0.39 is 17.8 Å². The standard InChI is InChI=1S/C21H20ClF3N6O2/c1-12-5-6-15(18(29-12)31-27-7-8-28-31)20(32)30-9-3-4-14(11-30)33-19-17(22)13(2)16(10-26-19)21(23,24)25/h5-8,10,14H,3-4,9,11H2,1-2H3. The summed E-state index contributed by atoms with van der Waals surface area (Å²) in [7, 11) is 0. The first-order chi connectivity index (χ1) is 15.6. The molecule has 0 N–H and O–H groups in total. The number of carbonyl (C=O) groups excluding carboxylic acids is 1. The number of hydrogen-bond acceptors (Lipinski definition) is 6. The molecule has 1 aliphatic heterocycles. The van der Waals surface area contributed by atoms with E-state index in [9.17, 15) is 18.0 Å². The molecule has 0 spiro atoms. The average molecular weight is 481 g/mol. The van der Waals surface area contributed by atoms with Crippen molar-refractivity contribution in [2.24, 2.45) is 0 Å². The lowest BCUT2D eigenvalue weighted by molar-refractivity contribution is -0.138. The van der Waals surface area contributed by atoms with E-state index in [0.29, 0.717) is 42.7 Å². The minimum absolute atomic E-state index is 0.0834. The van der Waals surface area contributed by atoms with Crippen LogP contribution in [-0.2, 0) is 6.18 Å². The summed E-state index contributed by atoms with van der Waals surface area (Å²) in [6.45, 7) is 3.78. The third-order valence-electron chi connectivity index (χ3n) is 5.33. The minimum Gasteiger partial charge on any atom is -0.471 e. The molecule has 0 bridgehead atoms. The van der Waals surface area contributed by atoms with Crippen molar-refractivity contribution in [3.63, 3.8) is 0 Å². The first kappa shape index (κ1) is 23.0. The summed E-state index contributed by atoms with van der Waals surface area (Å²) in [4.78, 5) is 24.4. The number of ether oxygens (including phenoxy) is 1. The Morgan fingerprint density at radius 2 is 1.94 bits per heavy atom. The van der Waals surface area contributed by atoms with Gasteiger partial charge >= 0.3 is 6.18 Å². The number of rotatable bonds is 4. The van der Waals surface area contributed by atoms with Gasteiger partial charge in [0.2, 0.25) is 5.88 Å². The number of amides is 1. The zero-order chi connectivity index (χ0) is 23.8. The van der Waals surface area contributed by atoms with Crippen molar-refractivity contribution in [1.29, 1.82) is 0 Å². The van der Waals surface area contributed by atoms with Crippen molar-refractivity contribution in [3.8, 4) is 11.7 Å². The molecule has 174 valence electrons. The largest absolute Gasteiger partial charge is 0.471 e. The molecule has 1 amide bonds. The second-order valence-electron chi connectivity index (χ2n) is 7.69. The van der Waals surface area contributed by atoms with Crippen LogP contribution in [0.1, 0.15) is 40.0 Å². The van der Waals surface area contributed by atoms with Crippen LogP contribution in [0.25, 0.3) is 5.82 Å². The van der Waals surface area contributed by atoms with Gasteiger partial charge in [0.25, 0.3) is 5.91 Å². The number of aromatic nitrogens is 5. The Bertz CT molecular complexity index is 1170. The Morgan fingerprint density at radius 1 is 1.21 bits per heavy atom. The van der Waals surface area contributed by atoms with E-state index in [1.54, 1.807) is 24.0 Å². The molecule has 4 heterocycles. The number of nitrogens with zero attached hydrogens (tertiary/aromatic N) is 6. The molecule has 1 unspecified atom stereocenters. The summed E-state index contributed by atoms with van der Waals surface area (Å²) in [6, 6.07) is 3.40. The zero-order valence-corrected chi connectivity index (χ0v) is 18.6. The third kappa shape index (κ3) is 4.77. The second-order valence-corrected chi connectivity index (χ2v) is 8.07. The van der Waals surface area contributed by atoms with Gasteiger partial charge in [-0.05, 0) is 44.4 Å². The molecule has 1 saturated heterocycles. The fourth-order valence-electron chi connectivity index (χ4n) is 3.66. The molecule has 0 aliphatic carbocycles. The molecule has 8 nitrogen and oxygen atoms in total. The molecule has 1 fully saturated rings. The highest BCUT2D eigenvalue weighted by Gasteiger charge is 2.35. The normalized spacial score (nSPS) is 16.7. The van der Waals surface area contributed by atoms with Gasteiger partial charge < -0.3 is 9.64 Å². The molecular weight excluding hydrogens is 461 g/mol. The van der Waals surface area contributed by atoms with E-state index in [0.717, 1.165) is 0 Å². The molecule has 0 radical (unpaired) electrons. The predicted octanol–water partition coefficient (Wildman–Crippen LogP) is 4.03. The Hall–Kier alpha value is -3.21. The van der Waals surface area contributed by atoms with Crippen molar-refractivity contribution in [1.82, 2.24) is 29.9 Å². The summed E-state index contributed by atoms with van der Waals surface area (Å²) in [5, 5.41) is 7.96. The van der Waals surface area contributed by atoms with Crippen LogP contribution in [0.15, 0.2) is 30.7 Å². The van der Waals surface area contributed by atoms with Crippen molar-refractivity contribution < 1.29 is 22.7 Å². The van der Waals surface area contributed by atoms with Gasteiger partial charge in [-0.15, -0.1) is 4.80 Å². The average Bonchev–Trinajstić information content (AvgIpc) is 3.31. The molecule has 3 aromatic heterocycles. The third-order valence-corrected chi connectivity index (χ3v) is 5.78. The van der Waals surface area contributed by atoms with Gasteiger partial charge in [0.15, 0.2) is 5.82 Å². The number of hydrogen-bond donors (Lipinski definition) is 0. The molecule has 33 heavy (non-hydrogen) atoms. The van der Waals surface area contributed by atoms with Crippen molar-refractivity contribution in [2.75, 3.05) is 13.1 Å². The van der Waals surface area contributed by atoms with Crippen LogP contribution in [0.3, 0.4) is 0 Å². The van der Waals surface area contributed by atoms with Crippen molar-refractivity contribution >= 4 is 17.5 Å². The monoisotopic (exact) mass is 480 g/mol. The smallest absolute Gasteiger partial charge is 0.418 e. The van der Waals surface area contributed by atoms with Gasteiger partial charge in [0.05, 0.1) is 30.1 Å². The number of halogens is 4. The summed E-state index contributed by atoms with van der Waals surface area (Å²) >= 11 is 6.12. The van der Waals surface area contributed by atoms with Gasteiger partial charge in [0.1, 0.15) is 11.1 Å². The molecule has 1 atom stereocenters. The summed E-state index contributed by atoms with van der Waals surface area (Å²) in [6.07, 6.45) is -0.102. The van der Waals surface area contributed by atoms with Gasteiger partial charge in [-0.3, -0.25) is 4.79 Å². The van der Waals surface area contributed by atoms with Gasteiger partial charge in [-0.25, -0.2) is 9.97 Å². The van der Waals surface area contributed by atoms with Crippen LogP contribution in [0.2, 0.25) is 5.02 Å². The first-order valence-electron chi connectivity index (χ1n) is 10.2. The van der Waals surface area contributed by atoms with Gasteiger partial charge in [-0.1, -0.05) is 11.6 Å². The van der Waals surface area contributed by atoms with Crippen molar-refractivity contribution in [3.05, 3.63) is 58.1 Å². The van der Waals surface area contributed by atoms with Crippen LogP contribution in [0.4, 0.5) is 13.2 Å². The quantitative estimate of drug-likeness (QED) is 0.560. The number of carbonyl (C=O) groups is 1. The van der Waals surface area contributed by atoms with Gasteiger partial charge in [-0.2, -0.15) is 23.4 Å².